The standard InChI is InChI=1S/C82H78Cl2F8N12O13/c1-40(105)74-50-20-17-47(114-37-41-11-12-41)24-60(50)101(96-74)35-69(109)100-33-58(86)55(77(100)80(112)93-30-44-5-2-7-56(83)71(44)87)29-66(107)76-52-22-19-49(116-39-43-15-16-43)26-62(52)103(98-76)36-70(110)104-63-27-53(63)54(78(104)81(113)94-31-45-6-3-8-57(84)72(45)88)28-65(106)75-51-21-18-48(115-38-42-13-14-42)25-61(51)102(97-75)34-68(108)99-32-46(85)23-64(99)79(111)95-59-9-4-10-67(73(59)89)117-82(90,91)92/h2-10,17-22,24-26,41-43,46,53-55,58,63-64,66,77-78,107H,11-16,23,27-39H2,1H3,(H,93,112)(H,94,113)(H,95,111)/t46-,53-,54?,55?,58+,63?,64+,66?,77+,78+/m1/s1. The number of piperidine rings is 1. The van der Waals surface area contributed by atoms with E-state index in [0.717, 1.165) is 65.1 Å². The van der Waals surface area contributed by atoms with E-state index in [0.29, 0.717) is 60.0 Å². The van der Waals surface area contributed by atoms with Gasteiger partial charge < -0.3 is 54.7 Å². The van der Waals surface area contributed by atoms with Gasteiger partial charge >= 0.3 is 6.36 Å². The topological polar surface area (TPSA) is 293 Å². The van der Waals surface area contributed by atoms with Crippen LogP contribution in [0.5, 0.6) is 23.0 Å². The number of aliphatic hydroxyl groups is 1. The van der Waals surface area contributed by atoms with Crippen molar-refractivity contribution >= 4 is 109 Å². The van der Waals surface area contributed by atoms with Crippen LogP contribution in [0, 0.1) is 53.0 Å². The van der Waals surface area contributed by atoms with Gasteiger partial charge in [0.05, 0.1) is 77.0 Å². The van der Waals surface area contributed by atoms with E-state index >= 15 is 36.3 Å². The molecule has 6 amide bonds. The number of halogens is 10. The number of hydrogen-bond acceptors (Lipinski definition) is 16. The lowest BCUT2D eigenvalue weighted by molar-refractivity contribution is -0.275. The lowest BCUT2D eigenvalue weighted by Crippen LogP contribution is -2.51. The van der Waals surface area contributed by atoms with Crippen molar-refractivity contribution in [3.8, 4) is 23.0 Å². The summed E-state index contributed by atoms with van der Waals surface area (Å²) in [6.07, 6.45) is -6.45. The second-order valence-electron chi connectivity index (χ2n) is 31.2. The number of ketones is 2. The number of hydrogen-bond donors (Lipinski definition) is 4. The molecule has 4 N–H and O–H groups in total. The van der Waals surface area contributed by atoms with Crippen molar-refractivity contribution in [3.05, 3.63) is 165 Å². The highest BCUT2D eigenvalue weighted by Gasteiger charge is 2.63. The molecule has 3 aromatic heterocycles. The number of ether oxygens (including phenoxy) is 4. The first-order valence-corrected chi connectivity index (χ1v) is 39.4. The second-order valence-corrected chi connectivity index (χ2v) is 32.1. The van der Waals surface area contributed by atoms with Gasteiger partial charge in [0.15, 0.2) is 23.1 Å². The number of alkyl halides is 5. The molecule has 4 unspecified atom stereocenters. The average molecular weight is 1660 g/mol. The van der Waals surface area contributed by atoms with E-state index in [9.17, 15) is 42.3 Å². The molecule has 6 aromatic carbocycles. The highest BCUT2D eigenvalue weighted by Crippen LogP contribution is 2.54. The smallest absolute Gasteiger partial charge is 0.493 e. The van der Waals surface area contributed by atoms with Gasteiger partial charge in [-0.2, -0.15) is 15.3 Å². The summed E-state index contributed by atoms with van der Waals surface area (Å²) in [5.41, 5.74) is -0.296. The van der Waals surface area contributed by atoms with E-state index < -0.39 is 208 Å². The molecule has 9 aromatic rings. The van der Waals surface area contributed by atoms with Crippen LogP contribution in [0.15, 0.2) is 109 Å². The van der Waals surface area contributed by atoms with Crippen LogP contribution in [0.3, 0.4) is 0 Å². The monoisotopic (exact) mass is 1660 g/mol. The maximum Gasteiger partial charge on any atom is 0.573 e. The van der Waals surface area contributed by atoms with E-state index in [1.54, 1.807) is 48.5 Å². The second kappa shape index (κ2) is 32.5. The largest absolute Gasteiger partial charge is 0.573 e. The molecular weight excluding hydrogens is 1580 g/mol. The van der Waals surface area contributed by atoms with Gasteiger partial charge in [-0.25, -0.2) is 22.0 Å². The maximum atomic E-state index is 17.4. The number of Topliss-reactive ketones (excluding diaryl/α,β-unsaturated/α-hetero) is 2. The predicted molar refractivity (Wildman–Crippen MR) is 406 cm³/mol. The van der Waals surface area contributed by atoms with Gasteiger partial charge in [0.2, 0.25) is 35.4 Å². The van der Waals surface area contributed by atoms with Crippen LogP contribution in [0.4, 0.5) is 40.8 Å². The molecule has 3 aliphatic heterocycles. The van der Waals surface area contributed by atoms with Crippen molar-refractivity contribution in [3.63, 3.8) is 0 Å². The zero-order valence-electron chi connectivity index (χ0n) is 62.7. The van der Waals surface area contributed by atoms with E-state index in [-0.39, 0.29) is 78.3 Å². The lowest BCUT2D eigenvalue weighted by Gasteiger charge is -2.31. The normalized spacial score (nSPS) is 21.8. The summed E-state index contributed by atoms with van der Waals surface area (Å²) in [6, 6.07) is 20.0. The van der Waals surface area contributed by atoms with E-state index in [1.807, 2.05) is 0 Å². The van der Waals surface area contributed by atoms with Crippen molar-refractivity contribution < 1.29 is 97.5 Å². The molecule has 3 saturated heterocycles. The third kappa shape index (κ3) is 17.2. The van der Waals surface area contributed by atoms with Gasteiger partial charge in [-0.05, 0) is 136 Å². The number of carbonyl (C=O) groups is 8. The number of nitrogens with one attached hydrogen (secondary N) is 3. The number of carbonyl (C=O) groups excluding carboxylic acids is 8. The summed E-state index contributed by atoms with van der Waals surface area (Å²) >= 11 is 12.3. The lowest BCUT2D eigenvalue weighted by atomic mass is 9.89. The minimum Gasteiger partial charge on any atom is -0.493 e. The third-order valence-corrected chi connectivity index (χ3v) is 23.4. The number of fused-ring (bicyclic) bond motifs is 4. The van der Waals surface area contributed by atoms with Gasteiger partial charge in [0.25, 0.3) is 0 Å². The summed E-state index contributed by atoms with van der Waals surface area (Å²) in [7, 11) is 0. The Balaban J connectivity index is 0.688. The first-order valence-electron chi connectivity index (χ1n) is 38.6. The Morgan fingerprint density at radius 2 is 1.08 bits per heavy atom. The molecule has 6 heterocycles. The molecular formula is C82H78Cl2F8N12O13. The van der Waals surface area contributed by atoms with Crippen LogP contribution in [0.2, 0.25) is 10.0 Å². The molecule has 0 spiro atoms. The molecule has 117 heavy (non-hydrogen) atoms. The predicted octanol–water partition coefficient (Wildman–Crippen LogP) is 11.9. The number of aliphatic hydroxyl groups excluding tert-OH is 1. The molecule has 0 radical (unpaired) electrons. The molecule has 0 bridgehead atoms. The number of nitrogens with zero attached hydrogens (tertiary/aromatic N) is 9. The summed E-state index contributed by atoms with van der Waals surface area (Å²) < 4.78 is 144. The first kappa shape index (κ1) is 79.9. The van der Waals surface area contributed by atoms with Gasteiger partial charge in [0.1, 0.15) is 90.4 Å². The zero-order valence-corrected chi connectivity index (χ0v) is 64.2. The number of amides is 6. The Kier molecular flexibility index (Phi) is 22.2. The van der Waals surface area contributed by atoms with Crippen molar-refractivity contribution in [1.29, 1.82) is 0 Å². The quantitative estimate of drug-likeness (QED) is 0.0232. The number of aromatic nitrogens is 6. The number of anilines is 1. The number of rotatable bonds is 31. The van der Waals surface area contributed by atoms with Gasteiger partial charge in [-0.1, -0.05) is 53.5 Å². The fourth-order valence-electron chi connectivity index (χ4n) is 16.2. The van der Waals surface area contributed by atoms with E-state index in [4.69, 9.17) is 42.5 Å². The molecule has 25 nitrogen and oxygen atoms in total. The highest BCUT2D eigenvalue weighted by atomic mass is 35.5. The van der Waals surface area contributed by atoms with Crippen LogP contribution in [-0.4, -0.2) is 172 Å². The average Bonchev–Trinajstić information content (AvgIpc) is 1.55. The van der Waals surface area contributed by atoms with Crippen LogP contribution in [-0.2, 0) is 61.5 Å². The Morgan fingerprint density at radius 1 is 0.573 bits per heavy atom. The van der Waals surface area contributed by atoms with Crippen molar-refractivity contribution in [2.24, 2.45) is 35.5 Å². The van der Waals surface area contributed by atoms with Crippen LogP contribution < -0.4 is 34.9 Å². The highest BCUT2D eigenvalue weighted by molar-refractivity contribution is 6.31. The fourth-order valence-corrected chi connectivity index (χ4v) is 16.6. The number of benzene rings is 6. The van der Waals surface area contributed by atoms with Crippen LogP contribution in [0.25, 0.3) is 32.7 Å². The number of likely N-dealkylation sites (tertiary alicyclic amines) is 3. The molecule has 10 atom stereocenters. The van der Waals surface area contributed by atoms with Crippen molar-refractivity contribution in [2.45, 2.75) is 153 Å². The van der Waals surface area contributed by atoms with Gasteiger partial charge in [-0.3, -0.25) is 52.4 Å². The van der Waals surface area contributed by atoms with Crippen molar-refractivity contribution in [1.82, 2.24) is 54.7 Å². The van der Waals surface area contributed by atoms with Crippen LogP contribution in [0.1, 0.15) is 115 Å². The molecule has 7 aliphatic rings. The minimum absolute atomic E-state index is 0.0154. The Labute approximate surface area is 672 Å². The summed E-state index contributed by atoms with van der Waals surface area (Å²) in [5.74, 6) is -11.8. The third-order valence-electron chi connectivity index (χ3n) is 22.9. The van der Waals surface area contributed by atoms with Gasteiger partial charge in [-0.15, -0.1) is 13.2 Å². The summed E-state index contributed by atoms with van der Waals surface area (Å²) in [4.78, 5) is 120. The van der Waals surface area contributed by atoms with E-state index in [1.165, 1.54) is 63.7 Å². The minimum atomic E-state index is -5.29. The van der Waals surface area contributed by atoms with E-state index in [2.05, 4.69) is 30.9 Å². The zero-order chi connectivity index (χ0) is 82.2. The first-order chi connectivity index (χ1) is 56.1. The van der Waals surface area contributed by atoms with Gasteiger partial charge in [0, 0.05) is 96.2 Å². The Morgan fingerprint density at radius 3 is 1.63 bits per heavy atom. The SMILES string of the molecule is CC(=O)c1nn(CC(=O)N2C[C@H](F)C(CC(O)c3nn(CC(=O)N4C5C[C@@H]5C(CC(=O)c5nn(CC(=O)N6C[C@H](F)C[C@H]6C(=O)Nc6cccc(OC(F)(F)F)c6F)c6cc(OCC7CC7)ccc56)[C@H]4C(=O)NCc4cccc(Cl)c4F)c4cc(OCC5CC5)ccc34)[C@H]2C(=O)NCc2cccc(Cl)c2F)c2cc(OCC3CC3)ccc12. The summed E-state index contributed by atoms with van der Waals surface area (Å²) in [5, 5.41) is 34.6. The van der Waals surface area contributed by atoms with Crippen LogP contribution >= 0.6 is 23.2 Å². The molecule has 4 saturated carbocycles. The fraction of sp³-hybridized carbons (Fsp3) is 0.427. The maximum absolute atomic E-state index is 17.4. The summed E-state index contributed by atoms with van der Waals surface area (Å²) in [6.45, 7) is -1.70. The Bertz CT molecular complexity index is 5460. The Hall–Kier alpha value is -10.9. The van der Waals surface area contributed by atoms with Crippen molar-refractivity contribution in [2.75, 3.05) is 38.2 Å². The molecule has 614 valence electrons. The molecule has 4 aliphatic carbocycles. The molecule has 16 rings (SSSR count). The molecule has 7 fully saturated rings. The molecule has 35 heteroatoms.